The van der Waals surface area contributed by atoms with Gasteiger partial charge in [0.25, 0.3) is 0 Å². The van der Waals surface area contributed by atoms with Crippen molar-refractivity contribution in [2.45, 2.75) is 50.2 Å². The highest BCUT2D eigenvalue weighted by Gasteiger charge is 2.36. The molecule has 0 bridgehead atoms. The van der Waals surface area contributed by atoms with Crippen LogP contribution in [0.15, 0.2) is 28.7 Å². The lowest BCUT2D eigenvalue weighted by molar-refractivity contribution is -0.127. The first kappa shape index (κ1) is 21.7. The zero-order valence-electron chi connectivity index (χ0n) is 13.8. The number of halogens is 3. The Morgan fingerprint density at radius 2 is 1.92 bits per heavy atom. The molecular weight excluding hydrogens is 413 g/mol. The van der Waals surface area contributed by atoms with Crippen LogP contribution in [-0.4, -0.2) is 36.0 Å². The monoisotopic (exact) mass is 437 g/mol. The van der Waals surface area contributed by atoms with Gasteiger partial charge >= 0.3 is 0 Å². The third-order valence-corrected chi connectivity index (χ3v) is 5.60. The highest BCUT2D eigenvalue weighted by molar-refractivity contribution is 9.10. The van der Waals surface area contributed by atoms with Crippen LogP contribution in [0.5, 0.6) is 0 Å². The molecular formula is C17H26BrCl2N3O. The zero-order chi connectivity index (χ0) is 15.7. The van der Waals surface area contributed by atoms with Crippen molar-refractivity contribution in [3.8, 4) is 0 Å². The largest absolute Gasteiger partial charge is 0.351 e. The van der Waals surface area contributed by atoms with Gasteiger partial charge in [-0.3, -0.25) is 4.79 Å². The topological polar surface area (TPSA) is 58.4 Å². The molecule has 3 N–H and O–H groups in total. The molecule has 0 radical (unpaired) electrons. The van der Waals surface area contributed by atoms with Gasteiger partial charge < -0.3 is 16.0 Å². The van der Waals surface area contributed by atoms with Gasteiger partial charge in [0, 0.05) is 23.1 Å². The highest BCUT2D eigenvalue weighted by atomic mass is 79.9. The normalized spacial score (nSPS) is 25.6. The van der Waals surface area contributed by atoms with E-state index in [1.807, 2.05) is 24.3 Å². The standard InChI is InChI=1S/C17H24BrN3O.2ClH/c1-17(19,12-4-6-13(18)7-5-12)16(22)20-14-8-10-21-9-2-3-15(21)11-14;;/h4-7,14-15H,2-3,8-11,19H2,1H3,(H,20,22);2*1H. The van der Waals surface area contributed by atoms with Gasteiger partial charge in [0.1, 0.15) is 5.54 Å². The average Bonchev–Trinajstić information content (AvgIpc) is 2.95. The molecule has 0 spiro atoms. The molecule has 7 heteroatoms. The number of carbonyl (C=O) groups is 1. The van der Waals surface area contributed by atoms with Crippen molar-refractivity contribution in [2.75, 3.05) is 13.1 Å². The molecule has 3 atom stereocenters. The fraction of sp³-hybridized carbons (Fsp3) is 0.588. The fourth-order valence-electron chi connectivity index (χ4n) is 3.62. The zero-order valence-corrected chi connectivity index (χ0v) is 17.1. The second kappa shape index (κ2) is 8.86. The quantitative estimate of drug-likeness (QED) is 0.761. The maximum Gasteiger partial charge on any atom is 0.244 e. The third-order valence-electron chi connectivity index (χ3n) is 5.07. The molecule has 2 heterocycles. The maximum absolute atomic E-state index is 12.6. The molecule has 1 amide bonds. The minimum Gasteiger partial charge on any atom is -0.351 e. The van der Waals surface area contributed by atoms with E-state index in [1.165, 1.54) is 19.4 Å². The molecule has 3 rings (SSSR count). The van der Waals surface area contributed by atoms with E-state index in [2.05, 4.69) is 26.1 Å². The van der Waals surface area contributed by atoms with Crippen LogP contribution in [0.1, 0.15) is 38.2 Å². The summed E-state index contributed by atoms with van der Waals surface area (Å²) in [6.07, 6.45) is 4.64. The first-order chi connectivity index (χ1) is 10.5. The second-order valence-corrected chi connectivity index (χ2v) is 7.65. The molecule has 1 aromatic carbocycles. The molecule has 0 saturated carbocycles. The van der Waals surface area contributed by atoms with Gasteiger partial charge in [-0.05, 0) is 56.8 Å². The molecule has 136 valence electrons. The predicted octanol–water partition coefficient (Wildman–Crippen LogP) is 3.21. The Balaban J connectivity index is 0.00000144. The molecule has 24 heavy (non-hydrogen) atoms. The van der Waals surface area contributed by atoms with Crippen molar-refractivity contribution in [3.05, 3.63) is 34.3 Å². The van der Waals surface area contributed by atoms with Crippen molar-refractivity contribution in [1.29, 1.82) is 0 Å². The molecule has 0 aliphatic carbocycles. The van der Waals surface area contributed by atoms with Gasteiger partial charge in [-0.2, -0.15) is 0 Å². The lowest BCUT2D eigenvalue weighted by Crippen LogP contribution is -2.55. The number of benzene rings is 1. The van der Waals surface area contributed by atoms with Gasteiger partial charge in [0.05, 0.1) is 0 Å². The fourth-order valence-corrected chi connectivity index (χ4v) is 3.88. The number of amides is 1. The number of hydrogen-bond acceptors (Lipinski definition) is 3. The summed E-state index contributed by atoms with van der Waals surface area (Å²) in [6.45, 7) is 4.10. The van der Waals surface area contributed by atoms with Crippen LogP contribution in [0.4, 0.5) is 0 Å². The molecule has 2 aliphatic rings. The van der Waals surface area contributed by atoms with Crippen LogP contribution in [0.3, 0.4) is 0 Å². The van der Waals surface area contributed by atoms with E-state index < -0.39 is 5.54 Å². The summed E-state index contributed by atoms with van der Waals surface area (Å²) >= 11 is 3.41. The van der Waals surface area contributed by atoms with Gasteiger partial charge in [0.2, 0.25) is 5.91 Å². The van der Waals surface area contributed by atoms with Crippen LogP contribution in [0.25, 0.3) is 0 Å². The van der Waals surface area contributed by atoms with E-state index in [0.717, 1.165) is 29.4 Å². The number of nitrogens with one attached hydrogen (secondary N) is 1. The Kier molecular flexibility index (Phi) is 8.01. The van der Waals surface area contributed by atoms with E-state index in [9.17, 15) is 4.79 Å². The highest BCUT2D eigenvalue weighted by Crippen LogP contribution is 2.28. The van der Waals surface area contributed by atoms with Gasteiger partial charge in [-0.1, -0.05) is 28.1 Å². The van der Waals surface area contributed by atoms with Crippen LogP contribution in [0.2, 0.25) is 0 Å². The number of nitrogens with zero attached hydrogens (tertiary/aromatic N) is 1. The summed E-state index contributed by atoms with van der Waals surface area (Å²) in [4.78, 5) is 15.2. The second-order valence-electron chi connectivity index (χ2n) is 6.74. The molecule has 3 unspecified atom stereocenters. The molecule has 1 aromatic rings. The maximum atomic E-state index is 12.6. The van der Waals surface area contributed by atoms with Crippen LogP contribution >= 0.6 is 40.7 Å². The summed E-state index contributed by atoms with van der Waals surface area (Å²) in [7, 11) is 0. The number of fused-ring (bicyclic) bond motifs is 1. The summed E-state index contributed by atoms with van der Waals surface area (Å²) in [6, 6.07) is 8.56. The van der Waals surface area contributed by atoms with Crippen molar-refractivity contribution in [2.24, 2.45) is 5.73 Å². The van der Waals surface area contributed by atoms with E-state index >= 15 is 0 Å². The molecule has 2 saturated heterocycles. The minimum absolute atomic E-state index is 0. The van der Waals surface area contributed by atoms with E-state index in [4.69, 9.17) is 5.73 Å². The average molecular weight is 439 g/mol. The van der Waals surface area contributed by atoms with Crippen LogP contribution in [-0.2, 0) is 10.3 Å². The minimum atomic E-state index is -0.993. The number of carbonyl (C=O) groups excluding carboxylic acids is 1. The Morgan fingerprint density at radius 3 is 2.58 bits per heavy atom. The number of hydrogen-bond donors (Lipinski definition) is 2. The van der Waals surface area contributed by atoms with Crippen LogP contribution < -0.4 is 11.1 Å². The van der Waals surface area contributed by atoms with Gasteiger partial charge in [-0.25, -0.2) is 0 Å². The lowest BCUT2D eigenvalue weighted by atomic mass is 9.90. The number of piperidine rings is 1. The number of nitrogens with two attached hydrogens (primary N) is 1. The number of rotatable bonds is 3. The van der Waals surface area contributed by atoms with Crippen molar-refractivity contribution in [1.82, 2.24) is 10.2 Å². The third kappa shape index (κ3) is 4.64. The van der Waals surface area contributed by atoms with Gasteiger partial charge in [-0.15, -0.1) is 24.8 Å². The Hall–Kier alpha value is -0.330. The molecule has 2 fully saturated rings. The Morgan fingerprint density at radius 1 is 1.25 bits per heavy atom. The van der Waals surface area contributed by atoms with Gasteiger partial charge in [0.15, 0.2) is 0 Å². The van der Waals surface area contributed by atoms with Crippen molar-refractivity contribution >= 4 is 46.7 Å². The molecule has 2 aliphatic heterocycles. The SMILES string of the molecule is CC(N)(C(=O)NC1CCN2CCCC2C1)c1ccc(Br)cc1.Cl.Cl. The van der Waals surface area contributed by atoms with E-state index in [0.29, 0.717) is 6.04 Å². The molecule has 4 nitrogen and oxygen atoms in total. The first-order valence-corrected chi connectivity index (χ1v) is 8.86. The van der Waals surface area contributed by atoms with Crippen LogP contribution in [0, 0.1) is 0 Å². The smallest absolute Gasteiger partial charge is 0.244 e. The van der Waals surface area contributed by atoms with E-state index in [1.54, 1.807) is 6.92 Å². The summed E-state index contributed by atoms with van der Waals surface area (Å²) in [5.41, 5.74) is 6.16. The van der Waals surface area contributed by atoms with E-state index in [-0.39, 0.29) is 36.8 Å². The Labute approximate surface area is 164 Å². The van der Waals surface area contributed by atoms with Crippen molar-refractivity contribution in [3.63, 3.8) is 0 Å². The molecule has 0 aromatic heterocycles. The summed E-state index contributed by atoms with van der Waals surface area (Å²) < 4.78 is 0.987. The predicted molar refractivity (Wildman–Crippen MR) is 106 cm³/mol. The summed E-state index contributed by atoms with van der Waals surface area (Å²) in [5, 5.41) is 3.18. The first-order valence-electron chi connectivity index (χ1n) is 8.07. The van der Waals surface area contributed by atoms with Crippen molar-refractivity contribution < 1.29 is 4.79 Å². The summed E-state index contributed by atoms with van der Waals surface area (Å²) in [5.74, 6) is -0.0775. The lowest BCUT2D eigenvalue weighted by Gasteiger charge is -2.36. The Bertz CT molecular complexity index is 553.